The molecule has 3 nitrogen and oxygen atoms in total. The average molecular weight is 278 g/mol. The maximum absolute atomic E-state index is 6.12. The molecule has 2 rings (SSSR count). The van der Waals surface area contributed by atoms with Crippen LogP contribution in [0.4, 0.5) is 0 Å². The summed E-state index contributed by atoms with van der Waals surface area (Å²) >= 11 is 0. The zero-order valence-corrected chi connectivity index (χ0v) is 12.8. The highest BCUT2D eigenvalue weighted by Gasteiger charge is 2.36. The highest BCUT2D eigenvalue weighted by molar-refractivity contribution is 5.26. The topological polar surface area (TPSA) is 31.0 Å². The van der Waals surface area contributed by atoms with Gasteiger partial charge in [-0.1, -0.05) is 38.8 Å². The Hall–Kier alpha value is -1.06. The smallest absolute Gasteiger partial charge is 0.118 e. The van der Waals surface area contributed by atoms with Crippen LogP contribution in [0.2, 0.25) is 0 Å². The SMILES string of the molecule is CCCC[C@@H](C)[C@@H](OCc1ccc(OC)cc1)[C@H]1CO1. The summed E-state index contributed by atoms with van der Waals surface area (Å²) < 4.78 is 16.7. The van der Waals surface area contributed by atoms with Gasteiger partial charge in [-0.15, -0.1) is 0 Å². The standard InChI is InChI=1S/C17H26O3/c1-4-5-6-13(2)17(16-12-19-16)20-11-14-7-9-15(18-3)10-8-14/h7-10,13,16-17H,4-6,11-12H2,1-3H3/t13-,16-,17-/m1/s1. The molecule has 0 bridgehead atoms. The van der Waals surface area contributed by atoms with Crippen LogP contribution in [0.3, 0.4) is 0 Å². The summed E-state index contributed by atoms with van der Waals surface area (Å²) in [6.07, 6.45) is 4.24. The number of ether oxygens (including phenoxy) is 3. The molecule has 0 unspecified atom stereocenters. The second-order valence-corrected chi connectivity index (χ2v) is 5.61. The van der Waals surface area contributed by atoms with Crippen LogP contribution in [0.15, 0.2) is 24.3 Å². The number of benzene rings is 1. The van der Waals surface area contributed by atoms with Crippen LogP contribution in [-0.4, -0.2) is 25.9 Å². The Morgan fingerprint density at radius 1 is 1.30 bits per heavy atom. The molecule has 1 heterocycles. The molecule has 1 aromatic rings. The quantitative estimate of drug-likeness (QED) is 0.644. The summed E-state index contributed by atoms with van der Waals surface area (Å²) in [5, 5.41) is 0. The van der Waals surface area contributed by atoms with Crippen molar-refractivity contribution in [2.45, 2.75) is 51.9 Å². The Morgan fingerprint density at radius 2 is 2.00 bits per heavy atom. The lowest BCUT2D eigenvalue weighted by Crippen LogP contribution is -2.27. The van der Waals surface area contributed by atoms with Gasteiger partial charge in [0.15, 0.2) is 0 Å². The first-order chi connectivity index (χ1) is 9.74. The largest absolute Gasteiger partial charge is 0.497 e. The molecule has 1 fully saturated rings. The molecule has 3 atom stereocenters. The molecule has 112 valence electrons. The summed E-state index contributed by atoms with van der Waals surface area (Å²) in [5.41, 5.74) is 1.18. The van der Waals surface area contributed by atoms with Gasteiger partial charge in [0, 0.05) is 0 Å². The van der Waals surface area contributed by atoms with Crippen LogP contribution >= 0.6 is 0 Å². The lowest BCUT2D eigenvalue weighted by atomic mass is 9.96. The first-order valence-corrected chi connectivity index (χ1v) is 7.60. The first-order valence-electron chi connectivity index (χ1n) is 7.60. The van der Waals surface area contributed by atoms with Gasteiger partial charge in [0.05, 0.1) is 26.4 Å². The maximum Gasteiger partial charge on any atom is 0.118 e. The highest BCUT2D eigenvalue weighted by Crippen LogP contribution is 2.27. The van der Waals surface area contributed by atoms with Crippen molar-refractivity contribution in [2.24, 2.45) is 5.92 Å². The second kappa shape index (κ2) is 7.65. The van der Waals surface area contributed by atoms with Crippen molar-refractivity contribution in [3.8, 4) is 5.75 Å². The van der Waals surface area contributed by atoms with Crippen LogP contribution in [0.5, 0.6) is 5.75 Å². The minimum atomic E-state index is 0.226. The van der Waals surface area contributed by atoms with Crippen molar-refractivity contribution < 1.29 is 14.2 Å². The van der Waals surface area contributed by atoms with Gasteiger partial charge in [-0.05, 0) is 30.0 Å². The van der Waals surface area contributed by atoms with Gasteiger partial charge in [0.25, 0.3) is 0 Å². The van der Waals surface area contributed by atoms with Crippen molar-refractivity contribution in [1.82, 2.24) is 0 Å². The normalized spacial score (nSPS) is 20.4. The van der Waals surface area contributed by atoms with Gasteiger partial charge in [0.2, 0.25) is 0 Å². The molecule has 1 saturated heterocycles. The first kappa shape index (κ1) is 15.3. The molecule has 0 radical (unpaired) electrons. The second-order valence-electron chi connectivity index (χ2n) is 5.61. The van der Waals surface area contributed by atoms with E-state index in [1.165, 1.54) is 24.8 Å². The molecular formula is C17H26O3. The zero-order chi connectivity index (χ0) is 14.4. The number of epoxide rings is 1. The lowest BCUT2D eigenvalue weighted by Gasteiger charge is -2.23. The van der Waals surface area contributed by atoms with E-state index in [0.717, 1.165) is 12.4 Å². The molecular weight excluding hydrogens is 252 g/mol. The molecule has 1 aromatic carbocycles. The van der Waals surface area contributed by atoms with Gasteiger partial charge in [-0.2, -0.15) is 0 Å². The Balaban J connectivity index is 1.84. The number of methoxy groups -OCH3 is 1. The van der Waals surface area contributed by atoms with E-state index in [2.05, 4.69) is 26.0 Å². The predicted octanol–water partition coefficient (Wildman–Crippen LogP) is 3.81. The van der Waals surface area contributed by atoms with E-state index in [1.54, 1.807) is 7.11 Å². The summed E-state index contributed by atoms with van der Waals surface area (Å²) in [7, 11) is 1.68. The lowest BCUT2D eigenvalue weighted by molar-refractivity contribution is -0.0143. The van der Waals surface area contributed by atoms with Gasteiger partial charge < -0.3 is 14.2 Å². The van der Waals surface area contributed by atoms with E-state index in [4.69, 9.17) is 14.2 Å². The molecule has 0 spiro atoms. The van der Waals surface area contributed by atoms with Gasteiger partial charge in [0.1, 0.15) is 11.9 Å². The fourth-order valence-electron chi connectivity index (χ4n) is 2.49. The van der Waals surface area contributed by atoms with Gasteiger partial charge >= 0.3 is 0 Å². The van der Waals surface area contributed by atoms with Gasteiger partial charge in [-0.25, -0.2) is 0 Å². The summed E-state index contributed by atoms with van der Waals surface area (Å²) in [5.74, 6) is 1.44. The van der Waals surface area contributed by atoms with Crippen LogP contribution < -0.4 is 4.74 Å². The Kier molecular flexibility index (Phi) is 5.86. The van der Waals surface area contributed by atoms with E-state index < -0.39 is 0 Å². The van der Waals surface area contributed by atoms with Crippen molar-refractivity contribution in [3.63, 3.8) is 0 Å². The van der Waals surface area contributed by atoms with Crippen LogP contribution in [-0.2, 0) is 16.1 Å². The highest BCUT2D eigenvalue weighted by atomic mass is 16.6. The molecule has 0 amide bonds. The molecule has 1 aliphatic rings. The third-order valence-corrected chi connectivity index (χ3v) is 3.90. The monoisotopic (exact) mass is 278 g/mol. The molecule has 0 aromatic heterocycles. The van der Waals surface area contributed by atoms with Gasteiger partial charge in [-0.3, -0.25) is 0 Å². The minimum absolute atomic E-state index is 0.226. The van der Waals surface area contributed by atoms with E-state index in [-0.39, 0.29) is 6.10 Å². The molecule has 20 heavy (non-hydrogen) atoms. The van der Waals surface area contributed by atoms with E-state index in [1.807, 2.05) is 12.1 Å². The maximum atomic E-state index is 6.12. The number of hydrogen-bond donors (Lipinski definition) is 0. The van der Waals surface area contributed by atoms with Crippen LogP contribution in [0.25, 0.3) is 0 Å². The van der Waals surface area contributed by atoms with Crippen molar-refractivity contribution in [2.75, 3.05) is 13.7 Å². The zero-order valence-electron chi connectivity index (χ0n) is 12.8. The summed E-state index contributed by atoms with van der Waals surface area (Å²) in [4.78, 5) is 0. The van der Waals surface area contributed by atoms with E-state index in [9.17, 15) is 0 Å². The number of hydrogen-bond acceptors (Lipinski definition) is 3. The average Bonchev–Trinajstić information content (AvgIpc) is 3.30. The predicted molar refractivity (Wildman–Crippen MR) is 80.0 cm³/mol. The molecule has 0 N–H and O–H groups in total. The van der Waals surface area contributed by atoms with Crippen LogP contribution in [0, 0.1) is 5.92 Å². The van der Waals surface area contributed by atoms with E-state index in [0.29, 0.717) is 18.6 Å². The molecule has 0 aliphatic carbocycles. The third-order valence-electron chi connectivity index (χ3n) is 3.90. The summed E-state index contributed by atoms with van der Waals surface area (Å²) in [6, 6.07) is 8.06. The van der Waals surface area contributed by atoms with E-state index >= 15 is 0 Å². The fourth-order valence-corrected chi connectivity index (χ4v) is 2.49. The Morgan fingerprint density at radius 3 is 2.55 bits per heavy atom. The molecule has 0 saturated carbocycles. The number of rotatable bonds is 9. The Labute approximate surface area is 122 Å². The van der Waals surface area contributed by atoms with Crippen molar-refractivity contribution in [3.05, 3.63) is 29.8 Å². The third kappa shape index (κ3) is 4.50. The number of unbranched alkanes of at least 4 members (excludes halogenated alkanes) is 1. The minimum Gasteiger partial charge on any atom is -0.497 e. The van der Waals surface area contributed by atoms with Crippen LogP contribution in [0.1, 0.15) is 38.7 Å². The molecule has 1 aliphatic heterocycles. The van der Waals surface area contributed by atoms with Crippen molar-refractivity contribution >= 4 is 0 Å². The fraction of sp³-hybridized carbons (Fsp3) is 0.647. The molecule has 3 heteroatoms. The summed E-state index contributed by atoms with van der Waals surface area (Å²) in [6.45, 7) is 6.00. The Bertz CT molecular complexity index is 384. The van der Waals surface area contributed by atoms with Crippen molar-refractivity contribution in [1.29, 1.82) is 0 Å².